The van der Waals surface area contributed by atoms with Gasteiger partial charge in [-0.3, -0.25) is 14.9 Å². The molecular formula is C21H22N6O3. The lowest BCUT2D eigenvalue weighted by atomic mass is 10.1. The van der Waals surface area contributed by atoms with E-state index in [4.69, 9.17) is 0 Å². The summed E-state index contributed by atoms with van der Waals surface area (Å²) in [6.07, 6.45) is 1.46. The molecule has 0 bridgehead atoms. The van der Waals surface area contributed by atoms with Gasteiger partial charge in [0.1, 0.15) is 17.8 Å². The van der Waals surface area contributed by atoms with E-state index < -0.39 is 0 Å². The summed E-state index contributed by atoms with van der Waals surface area (Å²) in [5.41, 5.74) is 2.24. The molecule has 1 N–H and O–H groups in total. The number of amides is 1. The predicted molar refractivity (Wildman–Crippen MR) is 114 cm³/mol. The molecule has 0 unspecified atom stereocenters. The normalized spacial score (nSPS) is 14.0. The van der Waals surface area contributed by atoms with Gasteiger partial charge in [-0.15, -0.1) is 0 Å². The molecule has 1 aromatic heterocycles. The van der Waals surface area contributed by atoms with E-state index in [2.05, 4.69) is 15.3 Å². The van der Waals surface area contributed by atoms with Crippen LogP contribution in [0.25, 0.3) is 10.9 Å². The molecule has 0 spiro atoms. The number of hydrogen-bond acceptors (Lipinski definition) is 7. The first-order valence-corrected chi connectivity index (χ1v) is 9.74. The molecule has 0 saturated carbocycles. The van der Waals surface area contributed by atoms with Crippen molar-refractivity contribution in [2.45, 2.75) is 13.5 Å². The zero-order valence-corrected chi connectivity index (χ0v) is 16.6. The highest BCUT2D eigenvalue weighted by atomic mass is 16.6. The lowest BCUT2D eigenvalue weighted by molar-refractivity contribution is -0.384. The van der Waals surface area contributed by atoms with E-state index in [1.54, 1.807) is 11.0 Å². The van der Waals surface area contributed by atoms with Crippen LogP contribution in [0.1, 0.15) is 12.5 Å². The van der Waals surface area contributed by atoms with Gasteiger partial charge in [0.05, 0.1) is 10.4 Å². The Morgan fingerprint density at radius 1 is 1.13 bits per heavy atom. The third kappa shape index (κ3) is 4.00. The molecule has 2 heterocycles. The number of benzene rings is 2. The number of nitrogens with zero attached hydrogens (tertiary/aromatic N) is 5. The highest BCUT2D eigenvalue weighted by molar-refractivity contribution is 5.94. The highest BCUT2D eigenvalue weighted by Crippen LogP contribution is 2.35. The van der Waals surface area contributed by atoms with Crippen LogP contribution in [0.4, 0.5) is 17.2 Å². The molecule has 1 aliphatic rings. The van der Waals surface area contributed by atoms with Crippen molar-refractivity contribution in [3.05, 3.63) is 64.5 Å². The Kier molecular flexibility index (Phi) is 5.42. The molecule has 0 aliphatic carbocycles. The maximum absolute atomic E-state index is 11.8. The molecule has 0 radical (unpaired) electrons. The number of rotatable bonds is 5. The SMILES string of the molecule is CC(=O)N1CCN(c2cc3ncnc(NCc4ccccc4)c3cc2[N+](=O)[O-])CC1. The van der Waals surface area contributed by atoms with Crippen LogP contribution in [0.15, 0.2) is 48.8 Å². The van der Waals surface area contributed by atoms with Gasteiger partial charge >= 0.3 is 0 Å². The van der Waals surface area contributed by atoms with E-state index in [9.17, 15) is 14.9 Å². The van der Waals surface area contributed by atoms with Gasteiger partial charge in [0, 0.05) is 51.1 Å². The standard InChI is InChI=1S/C21H22N6O3/c1-15(28)25-7-9-26(10-8-25)19-12-18-17(11-20(19)27(29)30)21(24-14-23-18)22-13-16-5-3-2-4-6-16/h2-6,11-12,14H,7-10,13H2,1H3,(H,22,23,24). The van der Waals surface area contributed by atoms with Crippen molar-refractivity contribution in [3.63, 3.8) is 0 Å². The minimum absolute atomic E-state index is 0.0105. The van der Waals surface area contributed by atoms with Crippen molar-refractivity contribution >= 4 is 34.0 Å². The number of hydrogen-bond donors (Lipinski definition) is 1. The summed E-state index contributed by atoms with van der Waals surface area (Å²) in [5.74, 6) is 0.574. The third-order valence-electron chi connectivity index (χ3n) is 5.30. The minimum Gasteiger partial charge on any atom is -0.365 e. The Morgan fingerprint density at radius 3 is 2.53 bits per heavy atom. The van der Waals surface area contributed by atoms with Crippen molar-refractivity contribution in [1.82, 2.24) is 14.9 Å². The molecule has 1 aliphatic heterocycles. The Hall–Kier alpha value is -3.75. The van der Waals surface area contributed by atoms with Crippen LogP contribution in [0.2, 0.25) is 0 Å². The molecule has 9 nitrogen and oxygen atoms in total. The topological polar surface area (TPSA) is 104 Å². The number of nitrogens with one attached hydrogen (secondary N) is 1. The third-order valence-corrected chi connectivity index (χ3v) is 5.30. The second kappa shape index (κ2) is 8.32. The average Bonchev–Trinajstić information content (AvgIpc) is 2.77. The number of piperazine rings is 1. The zero-order chi connectivity index (χ0) is 21.1. The fourth-order valence-electron chi connectivity index (χ4n) is 3.66. The zero-order valence-electron chi connectivity index (χ0n) is 16.6. The Morgan fingerprint density at radius 2 is 1.87 bits per heavy atom. The van der Waals surface area contributed by atoms with Crippen LogP contribution in [0, 0.1) is 10.1 Å². The van der Waals surface area contributed by atoms with Crippen LogP contribution in [0.5, 0.6) is 0 Å². The van der Waals surface area contributed by atoms with Crippen LogP contribution in [0.3, 0.4) is 0 Å². The van der Waals surface area contributed by atoms with Crippen molar-refractivity contribution in [1.29, 1.82) is 0 Å². The van der Waals surface area contributed by atoms with Gasteiger partial charge in [-0.1, -0.05) is 30.3 Å². The predicted octanol–water partition coefficient (Wildman–Crippen LogP) is 2.82. The van der Waals surface area contributed by atoms with E-state index in [1.807, 2.05) is 35.2 Å². The average molecular weight is 406 g/mol. The maximum atomic E-state index is 11.8. The smallest absolute Gasteiger partial charge is 0.293 e. The first-order chi connectivity index (χ1) is 14.5. The van der Waals surface area contributed by atoms with Crippen LogP contribution in [-0.2, 0) is 11.3 Å². The second-order valence-electron chi connectivity index (χ2n) is 7.17. The molecule has 9 heteroatoms. The van der Waals surface area contributed by atoms with Gasteiger partial charge in [0.25, 0.3) is 5.69 Å². The summed E-state index contributed by atoms with van der Waals surface area (Å²) in [6, 6.07) is 13.1. The molecule has 1 saturated heterocycles. The molecule has 1 amide bonds. The Balaban J connectivity index is 1.65. The van der Waals surface area contributed by atoms with Crippen molar-refractivity contribution in [2.75, 3.05) is 36.4 Å². The van der Waals surface area contributed by atoms with Crippen LogP contribution in [-0.4, -0.2) is 51.9 Å². The summed E-state index contributed by atoms with van der Waals surface area (Å²) in [5, 5.41) is 15.7. The van der Waals surface area contributed by atoms with Gasteiger partial charge in [0.2, 0.25) is 5.91 Å². The number of fused-ring (bicyclic) bond motifs is 1. The summed E-state index contributed by atoms with van der Waals surface area (Å²) < 4.78 is 0. The van der Waals surface area contributed by atoms with Crippen LogP contribution >= 0.6 is 0 Å². The molecule has 30 heavy (non-hydrogen) atoms. The summed E-state index contributed by atoms with van der Waals surface area (Å²) in [4.78, 5) is 35.3. The van der Waals surface area contributed by atoms with Gasteiger partial charge in [-0.25, -0.2) is 9.97 Å². The molecule has 3 aromatic rings. The minimum atomic E-state index is -0.375. The number of carbonyl (C=O) groups is 1. The lowest BCUT2D eigenvalue weighted by Crippen LogP contribution is -2.48. The van der Waals surface area contributed by atoms with Gasteiger partial charge in [-0.05, 0) is 11.6 Å². The van der Waals surface area contributed by atoms with E-state index in [-0.39, 0.29) is 16.5 Å². The van der Waals surface area contributed by atoms with E-state index >= 15 is 0 Å². The van der Waals surface area contributed by atoms with E-state index in [0.717, 1.165) is 5.56 Å². The molecule has 2 aromatic carbocycles. The number of nitro benzene ring substituents is 1. The van der Waals surface area contributed by atoms with Gasteiger partial charge in [0.15, 0.2) is 0 Å². The monoisotopic (exact) mass is 406 g/mol. The molecule has 154 valence electrons. The second-order valence-corrected chi connectivity index (χ2v) is 7.17. The lowest BCUT2D eigenvalue weighted by Gasteiger charge is -2.35. The highest BCUT2D eigenvalue weighted by Gasteiger charge is 2.26. The van der Waals surface area contributed by atoms with Gasteiger partial charge in [-0.2, -0.15) is 0 Å². The van der Waals surface area contributed by atoms with E-state index in [0.29, 0.717) is 55.1 Å². The number of anilines is 2. The molecule has 4 rings (SSSR count). The first-order valence-electron chi connectivity index (χ1n) is 9.74. The molecule has 1 fully saturated rings. The summed E-state index contributed by atoms with van der Waals surface area (Å²) in [7, 11) is 0. The van der Waals surface area contributed by atoms with Crippen LogP contribution < -0.4 is 10.2 Å². The summed E-state index contributed by atoms with van der Waals surface area (Å²) in [6.45, 7) is 4.24. The quantitative estimate of drug-likeness (QED) is 0.513. The largest absolute Gasteiger partial charge is 0.365 e. The fourth-order valence-corrected chi connectivity index (χ4v) is 3.66. The summed E-state index contributed by atoms with van der Waals surface area (Å²) >= 11 is 0. The van der Waals surface area contributed by atoms with Crippen molar-refractivity contribution < 1.29 is 9.72 Å². The number of nitro groups is 1. The van der Waals surface area contributed by atoms with Crippen molar-refractivity contribution in [2.24, 2.45) is 0 Å². The Labute approximate surface area is 173 Å². The number of aromatic nitrogens is 2. The fraction of sp³-hybridized carbons (Fsp3) is 0.286. The van der Waals surface area contributed by atoms with Gasteiger partial charge < -0.3 is 15.1 Å². The maximum Gasteiger partial charge on any atom is 0.293 e. The molecular weight excluding hydrogens is 384 g/mol. The van der Waals surface area contributed by atoms with E-state index in [1.165, 1.54) is 19.3 Å². The molecule has 0 atom stereocenters. The Bertz CT molecular complexity index is 1080. The number of carbonyl (C=O) groups excluding carboxylic acids is 1. The van der Waals surface area contributed by atoms with Crippen molar-refractivity contribution in [3.8, 4) is 0 Å². The first kappa shape index (κ1) is 19.6.